The number of nitrogens with one attached hydrogen (secondary N) is 2. The Hall–Kier alpha value is -3.28. The van der Waals surface area contributed by atoms with Crippen molar-refractivity contribution in [1.82, 2.24) is 5.32 Å². The number of hydrogen-bond acceptors (Lipinski definition) is 4. The summed E-state index contributed by atoms with van der Waals surface area (Å²) in [4.78, 5) is 24.7. The highest BCUT2D eigenvalue weighted by atomic mass is 16.5. The van der Waals surface area contributed by atoms with E-state index < -0.39 is 0 Å². The number of ether oxygens (including phenoxy) is 2. The van der Waals surface area contributed by atoms with E-state index in [4.69, 9.17) is 9.47 Å². The summed E-state index contributed by atoms with van der Waals surface area (Å²) in [5.41, 5.74) is 1.88. The van der Waals surface area contributed by atoms with Crippen LogP contribution >= 0.6 is 0 Å². The topological polar surface area (TPSA) is 76.7 Å². The van der Waals surface area contributed by atoms with Crippen molar-refractivity contribution in [3.8, 4) is 11.5 Å². The van der Waals surface area contributed by atoms with Crippen LogP contribution in [0.5, 0.6) is 11.5 Å². The SMILES string of the molecule is C/C=C/c1ccc(OCC(=O)Nc2ccccc2C(=O)NC2CC2)c(OC)c1. The van der Waals surface area contributed by atoms with E-state index in [1.807, 2.05) is 31.2 Å². The van der Waals surface area contributed by atoms with Gasteiger partial charge < -0.3 is 20.1 Å². The zero-order valence-corrected chi connectivity index (χ0v) is 16.0. The number of allylic oxidation sites excluding steroid dienone is 1. The largest absolute Gasteiger partial charge is 0.493 e. The van der Waals surface area contributed by atoms with Gasteiger partial charge in [-0.1, -0.05) is 30.4 Å². The molecule has 146 valence electrons. The van der Waals surface area contributed by atoms with Gasteiger partial charge in [0.1, 0.15) is 0 Å². The summed E-state index contributed by atoms with van der Waals surface area (Å²) in [6.07, 6.45) is 5.88. The van der Waals surface area contributed by atoms with E-state index in [-0.39, 0.29) is 24.5 Å². The van der Waals surface area contributed by atoms with E-state index in [0.29, 0.717) is 22.7 Å². The van der Waals surface area contributed by atoms with Crippen molar-refractivity contribution in [2.24, 2.45) is 0 Å². The predicted molar refractivity (Wildman–Crippen MR) is 109 cm³/mol. The van der Waals surface area contributed by atoms with E-state index in [2.05, 4.69) is 10.6 Å². The van der Waals surface area contributed by atoms with Crippen LogP contribution in [0.25, 0.3) is 6.08 Å². The summed E-state index contributed by atoms with van der Waals surface area (Å²) in [5, 5.41) is 5.68. The third-order valence-corrected chi connectivity index (χ3v) is 4.26. The first-order chi connectivity index (χ1) is 13.6. The van der Waals surface area contributed by atoms with Crippen LogP contribution in [-0.4, -0.2) is 31.6 Å². The lowest BCUT2D eigenvalue weighted by Gasteiger charge is -2.13. The molecule has 0 radical (unpaired) electrons. The number of para-hydroxylation sites is 1. The third kappa shape index (κ3) is 5.13. The standard InChI is InChI=1S/C22H24N2O4/c1-3-6-15-9-12-19(20(13-15)27-2)28-14-21(25)24-18-8-5-4-7-17(18)22(26)23-16-10-11-16/h3-9,12-13,16H,10-11,14H2,1-2H3,(H,23,26)(H,24,25)/b6-3+. The first-order valence-corrected chi connectivity index (χ1v) is 9.24. The Labute approximate surface area is 164 Å². The Bertz CT molecular complexity index is 888. The maximum atomic E-state index is 12.3. The molecule has 0 unspecified atom stereocenters. The smallest absolute Gasteiger partial charge is 0.262 e. The number of amides is 2. The molecule has 1 aliphatic rings. The molecule has 0 aromatic heterocycles. The molecule has 1 fully saturated rings. The number of benzene rings is 2. The number of methoxy groups -OCH3 is 1. The van der Waals surface area contributed by atoms with E-state index in [0.717, 1.165) is 18.4 Å². The van der Waals surface area contributed by atoms with Gasteiger partial charge in [0.25, 0.3) is 11.8 Å². The Kier molecular flexibility index (Phi) is 6.32. The molecule has 0 atom stereocenters. The van der Waals surface area contributed by atoms with Crippen molar-refractivity contribution in [3.05, 3.63) is 59.7 Å². The fourth-order valence-corrected chi connectivity index (χ4v) is 2.71. The second kappa shape index (κ2) is 9.08. The minimum Gasteiger partial charge on any atom is -0.493 e. The molecule has 0 heterocycles. The summed E-state index contributed by atoms with van der Waals surface area (Å²) < 4.78 is 10.9. The van der Waals surface area contributed by atoms with Crippen LogP contribution in [0.3, 0.4) is 0 Å². The minimum absolute atomic E-state index is 0.180. The lowest BCUT2D eigenvalue weighted by molar-refractivity contribution is -0.118. The Morgan fingerprint density at radius 3 is 2.64 bits per heavy atom. The third-order valence-electron chi connectivity index (χ3n) is 4.26. The molecule has 6 nitrogen and oxygen atoms in total. The van der Waals surface area contributed by atoms with E-state index >= 15 is 0 Å². The first kappa shape index (κ1) is 19.5. The normalized spacial score (nSPS) is 13.2. The molecule has 0 spiro atoms. The summed E-state index contributed by atoms with van der Waals surface area (Å²) in [6, 6.07) is 12.7. The highest BCUT2D eigenvalue weighted by molar-refractivity contribution is 6.04. The Balaban J connectivity index is 1.63. The highest BCUT2D eigenvalue weighted by Crippen LogP contribution is 2.28. The van der Waals surface area contributed by atoms with Gasteiger partial charge in [-0.15, -0.1) is 0 Å². The fraction of sp³-hybridized carbons (Fsp3) is 0.273. The van der Waals surface area contributed by atoms with Gasteiger partial charge in [-0.3, -0.25) is 9.59 Å². The summed E-state index contributed by atoms with van der Waals surface area (Å²) >= 11 is 0. The molecule has 3 rings (SSSR count). The molecule has 6 heteroatoms. The van der Waals surface area contributed by atoms with Crippen molar-refractivity contribution in [2.45, 2.75) is 25.8 Å². The van der Waals surface area contributed by atoms with Crippen LogP contribution in [0.4, 0.5) is 5.69 Å². The molecule has 2 aromatic rings. The molecule has 28 heavy (non-hydrogen) atoms. The predicted octanol–water partition coefficient (Wildman–Crippen LogP) is 3.64. The monoisotopic (exact) mass is 380 g/mol. The molecular weight excluding hydrogens is 356 g/mol. The second-order valence-corrected chi connectivity index (χ2v) is 6.54. The van der Waals surface area contributed by atoms with Gasteiger partial charge in [-0.25, -0.2) is 0 Å². The number of hydrogen-bond donors (Lipinski definition) is 2. The lowest BCUT2D eigenvalue weighted by atomic mass is 10.1. The van der Waals surface area contributed by atoms with Crippen LogP contribution in [-0.2, 0) is 4.79 Å². The summed E-state index contributed by atoms with van der Waals surface area (Å²) in [7, 11) is 1.55. The Morgan fingerprint density at radius 2 is 1.93 bits per heavy atom. The highest BCUT2D eigenvalue weighted by Gasteiger charge is 2.25. The number of anilines is 1. The minimum atomic E-state index is -0.355. The zero-order valence-electron chi connectivity index (χ0n) is 16.0. The van der Waals surface area contributed by atoms with Gasteiger partial charge in [0.2, 0.25) is 0 Å². The first-order valence-electron chi connectivity index (χ1n) is 9.24. The molecule has 2 aromatic carbocycles. The summed E-state index contributed by atoms with van der Waals surface area (Å²) in [5.74, 6) is 0.491. The van der Waals surface area contributed by atoms with E-state index in [9.17, 15) is 9.59 Å². The van der Waals surface area contributed by atoms with Gasteiger partial charge in [-0.05, 0) is 49.6 Å². The van der Waals surface area contributed by atoms with Crippen LogP contribution in [0, 0.1) is 0 Å². The van der Waals surface area contributed by atoms with Gasteiger partial charge in [0.05, 0.1) is 18.4 Å². The van der Waals surface area contributed by atoms with Crippen LogP contribution in [0.2, 0.25) is 0 Å². The molecular formula is C22H24N2O4. The fourth-order valence-electron chi connectivity index (χ4n) is 2.71. The van der Waals surface area contributed by atoms with Crippen molar-refractivity contribution >= 4 is 23.6 Å². The molecule has 0 aliphatic heterocycles. The molecule has 1 aliphatic carbocycles. The molecule has 1 saturated carbocycles. The van der Waals surface area contributed by atoms with Crippen LogP contribution in [0.15, 0.2) is 48.5 Å². The molecule has 0 bridgehead atoms. The average molecular weight is 380 g/mol. The number of carbonyl (C=O) groups excluding carboxylic acids is 2. The molecule has 2 amide bonds. The molecule has 2 N–H and O–H groups in total. The molecule has 0 saturated heterocycles. The quantitative estimate of drug-likeness (QED) is 0.733. The Morgan fingerprint density at radius 1 is 1.14 bits per heavy atom. The van der Waals surface area contributed by atoms with Crippen molar-refractivity contribution < 1.29 is 19.1 Å². The second-order valence-electron chi connectivity index (χ2n) is 6.54. The van der Waals surface area contributed by atoms with Gasteiger partial charge in [-0.2, -0.15) is 0 Å². The van der Waals surface area contributed by atoms with E-state index in [1.165, 1.54) is 0 Å². The maximum Gasteiger partial charge on any atom is 0.262 e. The van der Waals surface area contributed by atoms with Gasteiger partial charge in [0, 0.05) is 6.04 Å². The zero-order chi connectivity index (χ0) is 19.9. The van der Waals surface area contributed by atoms with Crippen LogP contribution in [0.1, 0.15) is 35.7 Å². The van der Waals surface area contributed by atoms with Crippen molar-refractivity contribution in [3.63, 3.8) is 0 Å². The number of rotatable bonds is 8. The van der Waals surface area contributed by atoms with Gasteiger partial charge in [0.15, 0.2) is 18.1 Å². The van der Waals surface area contributed by atoms with Crippen LogP contribution < -0.4 is 20.1 Å². The van der Waals surface area contributed by atoms with Crippen molar-refractivity contribution in [1.29, 1.82) is 0 Å². The summed E-state index contributed by atoms with van der Waals surface area (Å²) in [6.45, 7) is 1.74. The number of carbonyl (C=O) groups is 2. The van der Waals surface area contributed by atoms with Gasteiger partial charge >= 0.3 is 0 Å². The van der Waals surface area contributed by atoms with E-state index in [1.54, 1.807) is 37.4 Å². The average Bonchev–Trinajstić information content (AvgIpc) is 3.51. The van der Waals surface area contributed by atoms with Crippen molar-refractivity contribution in [2.75, 3.05) is 19.0 Å². The lowest BCUT2D eigenvalue weighted by Crippen LogP contribution is -2.28. The maximum absolute atomic E-state index is 12.3.